The molecule has 2 amide bonds. The van der Waals surface area contributed by atoms with Crippen molar-refractivity contribution in [1.29, 1.82) is 0 Å². The van der Waals surface area contributed by atoms with Gasteiger partial charge in [-0.25, -0.2) is 0 Å². The van der Waals surface area contributed by atoms with Gasteiger partial charge in [-0.15, -0.1) is 0 Å². The molecule has 2 aromatic carbocycles. The molecule has 5 nitrogen and oxygen atoms in total. The monoisotopic (exact) mass is 327 g/mol. The summed E-state index contributed by atoms with van der Waals surface area (Å²) in [4.78, 5) is 23.3. The molecule has 2 aromatic rings. The first-order chi connectivity index (χ1) is 11.1. The quantitative estimate of drug-likeness (QED) is 0.752. The highest BCUT2D eigenvalue weighted by atomic mass is 32.1. The second kappa shape index (κ2) is 8.05. The van der Waals surface area contributed by atoms with Gasteiger partial charge in [0.25, 0.3) is 5.91 Å². The van der Waals surface area contributed by atoms with Crippen molar-refractivity contribution in [1.82, 2.24) is 10.6 Å². The summed E-state index contributed by atoms with van der Waals surface area (Å²) in [5, 5.41) is 8.35. The fourth-order valence-corrected chi connectivity index (χ4v) is 2.12. The summed E-state index contributed by atoms with van der Waals surface area (Å²) in [5.41, 5.74) is 2.18. The van der Waals surface area contributed by atoms with E-state index < -0.39 is 0 Å². The third-order valence-corrected chi connectivity index (χ3v) is 3.32. The van der Waals surface area contributed by atoms with E-state index >= 15 is 0 Å². The van der Waals surface area contributed by atoms with Crippen LogP contribution >= 0.6 is 12.2 Å². The zero-order chi connectivity index (χ0) is 16.7. The Morgan fingerprint density at radius 3 is 2.26 bits per heavy atom. The Kier molecular flexibility index (Phi) is 5.82. The zero-order valence-electron chi connectivity index (χ0n) is 12.6. The van der Waals surface area contributed by atoms with E-state index in [0.29, 0.717) is 12.0 Å². The van der Waals surface area contributed by atoms with Gasteiger partial charge in [0.15, 0.2) is 5.11 Å². The number of thiocarbonyl (C=S) groups is 1. The summed E-state index contributed by atoms with van der Waals surface area (Å²) < 4.78 is 0. The summed E-state index contributed by atoms with van der Waals surface area (Å²) in [6.07, 6.45) is 0.325. The maximum atomic E-state index is 12.0. The lowest BCUT2D eigenvalue weighted by Gasteiger charge is -2.10. The Hall–Kier alpha value is -2.73. The highest BCUT2D eigenvalue weighted by Gasteiger charge is 2.07. The summed E-state index contributed by atoms with van der Waals surface area (Å²) in [6, 6.07) is 16.1. The lowest BCUT2D eigenvalue weighted by molar-refractivity contribution is -0.119. The van der Waals surface area contributed by atoms with Gasteiger partial charge in [0.2, 0.25) is 5.91 Å². The molecule has 118 valence electrons. The molecule has 0 aliphatic rings. The summed E-state index contributed by atoms with van der Waals surface area (Å²) in [5.74, 6) is -0.310. The van der Waals surface area contributed by atoms with Crippen LogP contribution in [0.15, 0.2) is 54.6 Å². The van der Waals surface area contributed by atoms with Crippen molar-refractivity contribution < 1.29 is 9.59 Å². The van der Waals surface area contributed by atoms with E-state index in [9.17, 15) is 9.59 Å². The predicted octanol–water partition coefficient (Wildman–Crippen LogP) is 2.10. The molecule has 2 rings (SSSR count). The van der Waals surface area contributed by atoms with Gasteiger partial charge in [-0.3, -0.25) is 14.9 Å². The first-order valence-electron chi connectivity index (χ1n) is 7.05. The highest BCUT2D eigenvalue weighted by Crippen LogP contribution is 2.10. The molecule has 0 bridgehead atoms. The fourth-order valence-electron chi connectivity index (χ4n) is 1.91. The Balaban J connectivity index is 1.90. The van der Waals surface area contributed by atoms with E-state index in [1.54, 1.807) is 43.4 Å². The van der Waals surface area contributed by atoms with E-state index in [2.05, 4.69) is 16.0 Å². The van der Waals surface area contributed by atoms with Crippen molar-refractivity contribution >= 4 is 34.8 Å². The molecule has 0 heterocycles. The maximum absolute atomic E-state index is 12.0. The van der Waals surface area contributed by atoms with Gasteiger partial charge in [-0.2, -0.15) is 0 Å². The zero-order valence-corrected chi connectivity index (χ0v) is 13.4. The van der Waals surface area contributed by atoms with Crippen molar-refractivity contribution in [3.8, 4) is 0 Å². The van der Waals surface area contributed by atoms with Crippen molar-refractivity contribution in [3.63, 3.8) is 0 Å². The molecule has 3 N–H and O–H groups in total. The molecular weight excluding hydrogens is 310 g/mol. The number of carbonyl (C=O) groups excluding carboxylic acids is 2. The summed E-state index contributed by atoms with van der Waals surface area (Å²) >= 11 is 5.13. The SMILES string of the molecule is CNC(=O)Cc1ccc(NC(=S)NC(=O)c2ccccc2)cc1. The van der Waals surface area contributed by atoms with Gasteiger partial charge >= 0.3 is 0 Å². The first kappa shape index (κ1) is 16.6. The van der Waals surface area contributed by atoms with Gasteiger partial charge in [0.05, 0.1) is 6.42 Å². The van der Waals surface area contributed by atoms with Gasteiger partial charge in [0.1, 0.15) is 0 Å². The first-order valence-corrected chi connectivity index (χ1v) is 7.46. The standard InChI is InChI=1S/C17H17N3O2S/c1-18-15(21)11-12-7-9-14(10-8-12)19-17(23)20-16(22)13-5-3-2-4-6-13/h2-10H,11H2,1H3,(H,18,21)(H2,19,20,22,23). The second-order valence-electron chi connectivity index (χ2n) is 4.82. The Morgan fingerprint density at radius 2 is 1.65 bits per heavy atom. The third-order valence-electron chi connectivity index (χ3n) is 3.12. The van der Waals surface area contributed by atoms with Crippen LogP contribution in [0.25, 0.3) is 0 Å². The minimum atomic E-state index is -0.265. The average Bonchev–Trinajstić information content (AvgIpc) is 2.57. The Bertz CT molecular complexity index is 700. The van der Waals surface area contributed by atoms with Crippen molar-refractivity contribution in [3.05, 3.63) is 65.7 Å². The van der Waals surface area contributed by atoms with E-state index in [0.717, 1.165) is 11.3 Å². The Labute approximate surface area is 140 Å². The van der Waals surface area contributed by atoms with Crippen LogP contribution in [0.3, 0.4) is 0 Å². The summed E-state index contributed by atoms with van der Waals surface area (Å²) in [6.45, 7) is 0. The van der Waals surface area contributed by atoms with Crippen LogP contribution in [0.2, 0.25) is 0 Å². The van der Waals surface area contributed by atoms with Crippen LogP contribution in [-0.4, -0.2) is 24.0 Å². The minimum Gasteiger partial charge on any atom is -0.359 e. The lowest BCUT2D eigenvalue weighted by Crippen LogP contribution is -2.34. The number of hydrogen-bond donors (Lipinski definition) is 3. The molecule has 0 spiro atoms. The molecular formula is C17H17N3O2S. The maximum Gasteiger partial charge on any atom is 0.257 e. The van der Waals surface area contributed by atoms with E-state index in [-0.39, 0.29) is 16.9 Å². The van der Waals surface area contributed by atoms with E-state index in [4.69, 9.17) is 12.2 Å². The third kappa shape index (κ3) is 5.19. The van der Waals surface area contributed by atoms with Gasteiger partial charge in [-0.1, -0.05) is 30.3 Å². The predicted molar refractivity (Wildman–Crippen MR) is 94.3 cm³/mol. The normalized spacial score (nSPS) is 9.78. The molecule has 0 saturated carbocycles. The number of nitrogens with one attached hydrogen (secondary N) is 3. The number of likely N-dealkylation sites (N-methyl/N-ethyl adjacent to an activating group) is 1. The Morgan fingerprint density at radius 1 is 1.00 bits per heavy atom. The van der Waals surface area contributed by atoms with Crippen molar-refractivity contribution in [2.75, 3.05) is 12.4 Å². The largest absolute Gasteiger partial charge is 0.359 e. The smallest absolute Gasteiger partial charge is 0.257 e. The van der Waals surface area contributed by atoms with Crippen LogP contribution < -0.4 is 16.0 Å². The molecule has 0 aromatic heterocycles. The molecule has 0 fully saturated rings. The molecule has 23 heavy (non-hydrogen) atoms. The average molecular weight is 327 g/mol. The van der Waals surface area contributed by atoms with Crippen molar-refractivity contribution in [2.24, 2.45) is 0 Å². The number of benzene rings is 2. The number of hydrogen-bond acceptors (Lipinski definition) is 3. The van der Waals surface area contributed by atoms with Gasteiger partial charge < -0.3 is 10.6 Å². The van der Waals surface area contributed by atoms with Gasteiger partial charge in [-0.05, 0) is 42.0 Å². The molecule has 0 radical (unpaired) electrons. The van der Waals surface area contributed by atoms with E-state index in [1.807, 2.05) is 18.2 Å². The van der Waals surface area contributed by atoms with Crippen molar-refractivity contribution in [2.45, 2.75) is 6.42 Å². The fraction of sp³-hybridized carbons (Fsp3) is 0.118. The number of rotatable bonds is 4. The van der Waals surface area contributed by atoms with Gasteiger partial charge in [0, 0.05) is 18.3 Å². The van der Waals surface area contributed by atoms with Crippen LogP contribution in [-0.2, 0) is 11.2 Å². The molecule has 0 unspecified atom stereocenters. The lowest BCUT2D eigenvalue weighted by atomic mass is 10.1. The summed E-state index contributed by atoms with van der Waals surface area (Å²) in [7, 11) is 1.60. The second-order valence-corrected chi connectivity index (χ2v) is 5.23. The van der Waals surface area contributed by atoms with E-state index in [1.165, 1.54) is 0 Å². The molecule has 0 saturated heterocycles. The number of carbonyl (C=O) groups is 2. The molecule has 0 aliphatic heterocycles. The topological polar surface area (TPSA) is 70.2 Å². The van der Waals surface area contributed by atoms with Crippen LogP contribution in [0.4, 0.5) is 5.69 Å². The molecule has 6 heteroatoms. The minimum absolute atomic E-state index is 0.0450. The van der Waals surface area contributed by atoms with Crippen LogP contribution in [0.1, 0.15) is 15.9 Å². The molecule has 0 aliphatic carbocycles. The van der Waals surface area contributed by atoms with Crippen LogP contribution in [0.5, 0.6) is 0 Å². The molecule has 0 atom stereocenters. The van der Waals surface area contributed by atoms with Crippen LogP contribution in [0, 0.1) is 0 Å². The highest BCUT2D eigenvalue weighted by molar-refractivity contribution is 7.80. The number of amides is 2. The number of anilines is 1.